The zero-order valence-corrected chi connectivity index (χ0v) is 13.8. The summed E-state index contributed by atoms with van der Waals surface area (Å²) in [5, 5.41) is 0.291. The molecule has 24 heavy (non-hydrogen) atoms. The summed E-state index contributed by atoms with van der Waals surface area (Å²) in [5.74, 6) is -0.591. The van der Waals surface area contributed by atoms with Crippen molar-refractivity contribution in [2.45, 2.75) is 26.9 Å². The number of aromatic nitrogens is 1. The number of carbonyl (C=O) groups is 1. The van der Waals surface area contributed by atoms with Gasteiger partial charge in [-0.05, 0) is 39.0 Å². The number of anilines is 1. The van der Waals surface area contributed by atoms with Crippen molar-refractivity contribution in [3.05, 3.63) is 35.5 Å². The monoisotopic (exact) mass is 340 g/mol. The van der Waals surface area contributed by atoms with Crippen LogP contribution in [-0.2, 0) is 10.9 Å². The highest BCUT2D eigenvalue weighted by molar-refractivity contribution is 6.05. The summed E-state index contributed by atoms with van der Waals surface area (Å²) >= 11 is 0. The number of carbonyl (C=O) groups excluding carboxylic acids is 1. The van der Waals surface area contributed by atoms with Gasteiger partial charge >= 0.3 is 12.1 Å². The summed E-state index contributed by atoms with van der Waals surface area (Å²) < 4.78 is 44.2. The van der Waals surface area contributed by atoms with E-state index in [-0.39, 0.29) is 12.2 Å². The Hall–Kier alpha value is -2.31. The van der Waals surface area contributed by atoms with Crippen LogP contribution in [0, 0.1) is 0 Å². The van der Waals surface area contributed by atoms with E-state index in [0.29, 0.717) is 29.7 Å². The summed E-state index contributed by atoms with van der Waals surface area (Å²) in [6.45, 7) is 6.68. The second-order valence-corrected chi connectivity index (χ2v) is 5.14. The van der Waals surface area contributed by atoms with Crippen LogP contribution in [0.5, 0.6) is 0 Å². The van der Waals surface area contributed by atoms with Crippen molar-refractivity contribution >= 4 is 22.6 Å². The first kappa shape index (κ1) is 18.0. The number of halogens is 3. The van der Waals surface area contributed by atoms with Crippen molar-refractivity contribution in [1.82, 2.24) is 4.98 Å². The van der Waals surface area contributed by atoms with Gasteiger partial charge in [-0.2, -0.15) is 13.2 Å². The maximum absolute atomic E-state index is 13.1. The van der Waals surface area contributed by atoms with Crippen molar-refractivity contribution in [1.29, 1.82) is 0 Å². The SMILES string of the molecule is CCOC(=O)c1cnc2ccc(C(F)(F)F)cc2c1N(CC)CC. The number of esters is 1. The van der Waals surface area contributed by atoms with Gasteiger partial charge in [0.2, 0.25) is 0 Å². The van der Waals surface area contributed by atoms with Gasteiger partial charge in [0.1, 0.15) is 5.56 Å². The number of nitrogens with zero attached hydrogens (tertiary/aromatic N) is 2. The molecule has 2 rings (SSSR count). The van der Waals surface area contributed by atoms with Crippen LogP contribution in [0.4, 0.5) is 18.9 Å². The van der Waals surface area contributed by atoms with Crippen LogP contribution in [0.3, 0.4) is 0 Å². The Balaban J connectivity index is 2.78. The van der Waals surface area contributed by atoms with Crippen molar-refractivity contribution in [2.75, 3.05) is 24.6 Å². The Kier molecular flexibility index (Phi) is 5.31. The number of ether oxygens (including phenoxy) is 1. The third kappa shape index (κ3) is 3.44. The molecule has 0 fully saturated rings. The molecule has 7 heteroatoms. The summed E-state index contributed by atoms with van der Waals surface area (Å²) in [6.07, 6.45) is -3.10. The van der Waals surface area contributed by atoms with E-state index in [2.05, 4.69) is 4.98 Å². The van der Waals surface area contributed by atoms with E-state index < -0.39 is 17.7 Å². The summed E-state index contributed by atoms with van der Waals surface area (Å²) in [5.41, 5.74) is 0.228. The number of pyridine rings is 1. The van der Waals surface area contributed by atoms with Crippen LogP contribution < -0.4 is 4.90 Å². The molecular formula is C17H19F3N2O2. The number of fused-ring (bicyclic) bond motifs is 1. The highest BCUT2D eigenvalue weighted by atomic mass is 19.4. The molecule has 0 aliphatic carbocycles. The topological polar surface area (TPSA) is 42.4 Å². The largest absolute Gasteiger partial charge is 0.462 e. The molecule has 0 aliphatic heterocycles. The predicted molar refractivity (Wildman–Crippen MR) is 86.3 cm³/mol. The minimum absolute atomic E-state index is 0.173. The van der Waals surface area contributed by atoms with Crippen molar-refractivity contribution in [2.24, 2.45) is 0 Å². The molecule has 0 bridgehead atoms. The third-order valence-corrected chi connectivity index (χ3v) is 3.74. The van der Waals surface area contributed by atoms with Crippen LogP contribution in [0.25, 0.3) is 10.9 Å². The van der Waals surface area contributed by atoms with E-state index in [1.165, 1.54) is 12.3 Å². The first-order valence-electron chi connectivity index (χ1n) is 7.75. The van der Waals surface area contributed by atoms with E-state index in [1.54, 1.807) is 6.92 Å². The lowest BCUT2D eigenvalue weighted by Gasteiger charge is -2.25. The van der Waals surface area contributed by atoms with Gasteiger partial charge in [-0.1, -0.05) is 0 Å². The Labute approximate surface area is 138 Å². The fourth-order valence-electron chi connectivity index (χ4n) is 2.59. The molecule has 0 saturated heterocycles. The smallest absolute Gasteiger partial charge is 0.416 e. The normalized spacial score (nSPS) is 11.6. The van der Waals surface area contributed by atoms with Crippen LogP contribution in [0.2, 0.25) is 0 Å². The molecule has 2 aromatic rings. The van der Waals surface area contributed by atoms with Crippen molar-refractivity contribution < 1.29 is 22.7 Å². The lowest BCUT2D eigenvalue weighted by atomic mass is 10.0. The Morgan fingerprint density at radius 1 is 1.21 bits per heavy atom. The number of hydrogen-bond donors (Lipinski definition) is 0. The van der Waals surface area contributed by atoms with Gasteiger partial charge in [-0.15, -0.1) is 0 Å². The van der Waals surface area contributed by atoms with Crippen LogP contribution >= 0.6 is 0 Å². The van der Waals surface area contributed by atoms with E-state index >= 15 is 0 Å². The predicted octanol–water partition coefficient (Wildman–Crippen LogP) is 4.28. The minimum atomic E-state index is -4.46. The molecule has 0 amide bonds. The quantitative estimate of drug-likeness (QED) is 0.762. The maximum Gasteiger partial charge on any atom is 0.416 e. The van der Waals surface area contributed by atoms with Gasteiger partial charge in [-0.3, -0.25) is 4.98 Å². The molecule has 1 heterocycles. The number of alkyl halides is 3. The molecule has 4 nitrogen and oxygen atoms in total. The van der Waals surface area contributed by atoms with Gasteiger partial charge in [0.15, 0.2) is 0 Å². The minimum Gasteiger partial charge on any atom is -0.462 e. The molecule has 0 aliphatic rings. The van der Waals surface area contributed by atoms with E-state index in [9.17, 15) is 18.0 Å². The Bertz CT molecular complexity index is 740. The number of hydrogen-bond acceptors (Lipinski definition) is 4. The zero-order chi connectivity index (χ0) is 17.9. The molecule has 0 unspecified atom stereocenters. The second-order valence-electron chi connectivity index (χ2n) is 5.14. The summed E-state index contributed by atoms with van der Waals surface area (Å²) in [7, 11) is 0. The van der Waals surface area contributed by atoms with Gasteiger partial charge in [0, 0.05) is 24.7 Å². The highest BCUT2D eigenvalue weighted by Gasteiger charge is 2.31. The summed E-state index contributed by atoms with van der Waals surface area (Å²) in [6, 6.07) is 3.35. The molecular weight excluding hydrogens is 321 g/mol. The van der Waals surface area contributed by atoms with Crippen LogP contribution in [-0.4, -0.2) is 30.6 Å². The highest BCUT2D eigenvalue weighted by Crippen LogP contribution is 2.36. The third-order valence-electron chi connectivity index (χ3n) is 3.74. The van der Waals surface area contributed by atoms with Gasteiger partial charge in [0.25, 0.3) is 0 Å². The maximum atomic E-state index is 13.1. The first-order chi connectivity index (χ1) is 11.3. The number of rotatable bonds is 5. The lowest BCUT2D eigenvalue weighted by Crippen LogP contribution is -2.25. The first-order valence-corrected chi connectivity index (χ1v) is 7.75. The molecule has 0 spiro atoms. The molecule has 1 aromatic heterocycles. The van der Waals surface area contributed by atoms with E-state index in [1.807, 2.05) is 18.7 Å². The van der Waals surface area contributed by atoms with Gasteiger partial charge < -0.3 is 9.64 Å². The fourth-order valence-corrected chi connectivity index (χ4v) is 2.59. The molecule has 0 saturated carbocycles. The van der Waals surface area contributed by atoms with E-state index in [4.69, 9.17) is 4.74 Å². The standard InChI is InChI=1S/C17H19F3N2O2/c1-4-22(5-2)15-12-9-11(17(18,19)20)7-8-14(12)21-10-13(15)16(23)24-6-3/h7-10H,4-6H2,1-3H3. The van der Waals surface area contributed by atoms with Gasteiger partial charge in [0.05, 0.1) is 23.4 Å². The summed E-state index contributed by atoms with van der Waals surface area (Å²) in [4.78, 5) is 18.2. The average Bonchev–Trinajstić information content (AvgIpc) is 2.54. The zero-order valence-electron chi connectivity index (χ0n) is 13.8. The van der Waals surface area contributed by atoms with Crippen molar-refractivity contribution in [3.8, 4) is 0 Å². The molecule has 0 atom stereocenters. The Morgan fingerprint density at radius 2 is 1.88 bits per heavy atom. The molecule has 0 N–H and O–H groups in total. The van der Waals surface area contributed by atoms with Crippen LogP contribution in [0.15, 0.2) is 24.4 Å². The molecule has 1 aromatic carbocycles. The fraction of sp³-hybridized carbons (Fsp3) is 0.412. The van der Waals surface area contributed by atoms with E-state index in [0.717, 1.165) is 12.1 Å². The number of benzene rings is 1. The molecule has 0 radical (unpaired) electrons. The lowest BCUT2D eigenvalue weighted by molar-refractivity contribution is -0.137. The Morgan fingerprint density at radius 3 is 2.42 bits per heavy atom. The second kappa shape index (κ2) is 7.07. The molecule has 130 valence electrons. The van der Waals surface area contributed by atoms with Crippen LogP contribution in [0.1, 0.15) is 36.7 Å². The van der Waals surface area contributed by atoms with Crippen molar-refractivity contribution in [3.63, 3.8) is 0 Å². The van der Waals surface area contributed by atoms with Gasteiger partial charge in [-0.25, -0.2) is 4.79 Å². The average molecular weight is 340 g/mol.